The van der Waals surface area contributed by atoms with Gasteiger partial charge in [0.25, 0.3) is 0 Å². The summed E-state index contributed by atoms with van der Waals surface area (Å²) in [6, 6.07) is 5.27. The van der Waals surface area contributed by atoms with Gasteiger partial charge in [-0.3, -0.25) is 4.68 Å². The van der Waals surface area contributed by atoms with E-state index in [2.05, 4.69) is 21.0 Å². The SMILES string of the molecule is Cn1ncc(N)c1-c1ccc(Br)cc1O. The number of aromatic nitrogens is 2. The lowest BCUT2D eigenvalue weighted by Crippen LogP contribution is -1.96. The van der Waals surface area contributed by atoms with E-state index in [1.165, 1.54) is 0 Å². The highest BCUT2D eigenvalue weighted by atomic mass is 79.9. The van der Waals surface area contributed by atoms with Gasteiger partial charge in [0.2, 0.25) is 0 Å². The number of halogens is 1. The van der Waals surface area contributed by atoms with Crippen LogP contribution in [0, 0.1) is 0 Å². The highest BCUT2D eigenvalue weighted by Crippen LogP contribution is 2.34. The first kappa shape index (κ1) is 10.0. The van der Waals surface area contributed by atoms with Crippen molar-refractivity contribution >= 4 is 21.6 Å². The molecule has 3 N–H and O–H groups in total. The second kappa shape index (κ2) is 3.58. The maximum atomic E-state index is 9.79. The Kier molecular flexibility index (Phi) is 2.40. The van der Waals surface area contributed by atoms with Crippen molar-refractivity contribution in [3.63, 3.8) is 0 Å². The third-order valence-electron chi connectivity index (χ3n) is 2.18. The molecule has 15 heavy (non-hydrogen) atoms. The highest BCUT2D eigenvalue weighted by molar-refractivity contribution is 9.10. The second-order valence-corrected chi connectivity index (χ2v) is 4.15. The molecular formula is C10H10BrN3O. The summed E-state index contributed by atoms with van der Waals surface area (Å²) in [5.41, 5.74) is 7.72. The number of phenolic OH excluding ortho intramolecular Hbond substituents is 1. The summed E-state index contributed by atoms with van der Waals surface area (Å²) in [5.74, 6) is 0.180. The Bertz CT molecular complexity index is 488. The molecule has 0 aliphatic heterocycles. The van der Waals surface area contributed by atoms with Gasteiger partial charge in [-0.15, -0.1) is 0 Å². The minimum absolute atomic E-state index is 0.180. The molecule has 0 aliphatic rings. The normalized spacial score (nSPS) is 10.5. The number of nitrogens with two attached hydrogens (primary N) is 1. The summed E-state index contributed by atoms with van der Waals surface area (Å²) >= 11 is 3.28. The summed E-state index contributed by atoms with van der Waals surface area (Å²) in [6.45, 7) is 0. The third-order valence-corrected chi connectivity index (χ3v) is 2.68. The fraction of sp³-hybridized carbons (Fsp3) is 0.100. The number of benzene rings is 1. The van der Waals surface area contributed by atoms with Crippen molar-refractivity contribution < 1.29 is 5.11 Å². The van der Waals surface area contributed by atoms with Crippen molar-refractivity contribution in [2.45, 2.75) is 0 Å². The smallest absolute Gasteiger partial charge is 0.126 e. The molecule has 1 heterocycles. The number of hydrogen-bond acceptors (Lipinski definition) is 3. The molecular weight excluding hydrogens is 258 g/mol. The summed E-state index contributed by atoms with van der Waals surface area (Å²) in [7, 11) is 1.78. The van der Waals surface area contributed by atoms with Gasteiger partial charge in [0.15, 0.2) is 0 Å². The fourth-order valence-corrected chi connectivity index (χ4v) is 1.84. The van der Waals surface area contributed by atoms with Crippen LogP contribution in [0.2, 0.25) is 0 Å². The number of hydrogen-bond donors (Lipinski definition) is 2. The average molecular weight is 268 g/mol. The molecule has 0 saturated carbocycles. The van der Waals surface area contributed by atoms with Gasteiger partial charge in [-0.05, 0) is 18.2 Å². The van der Waals surface area contributed by atoms with E-state index in [0.717, 1.165) is 10.2 Å². The molecule has 0 spiro atoms. The number of rotatable bonds is 1. The summed E-state index contributed by atoms with van der Waals surface area (Å²) in [4.78, 5) is 0. The molecule has 0 bridgehead atoms. The van der Waals surface area contributed by atoms with Crippen LogP contribution in [0.25, 0.3) is 11.3 Å². The molecule has 0 radical (unpaired) electrons. The molecule has 1 aromatic heterocycles. The van der Waals surface area contributed by atoms with E-state index in [0.29, 0.717) is 11.3 Å². The van der Waals surface area contributed by atoms with Gasteiger partial charge in [0, 0.05) is 17.1 Å². The number of nitrogens with zero attached hydrogens (tertiary/aromatic N) is 2. The predicted octanol–water partition coefficient (Wildman–Crippen LogP) is 2.14. The molecule has 0 amide bonds. The van der Waals surface area contributed by atoms with Crippen molar-refractivity contribution in [3.05, 3.63) is 28.9 Å². The number of phenols is 1. The number of nitrogen functional groups attached to an aromatic ring is 1. The second-order valence-electron chi connectivity index (χ2n) is 3.23. The zero-order valence-corrected chi connectivity index (χ0v) is 9.69. The molecule has 1 aromatic carbocycles. The number of anilines is 1. The van der Waals surface area contributed by atoms with Gasteiger partial charge in [-0.25, -0.2) is 0 Å². The van der Waals surface area contributed by atoms with E-state index in [1.54, 1.807) is 30.1 Å². The zero-order chi connectivity index (χ0) is 11.0. The standard InChI is InChI=1S/C10H10BrN3O/c1-14-10(8(12)5-13-14)7-3-2-6(11)4-9(7)15/h2-5,15H,12H2,1H3. The highest BCUT2D eigenvalue weighted by Gasteiger charge is 2.12. The lowest BCUT2D eigenvalue weighted by Gasteiger charge is -2.06. The van der Waals surface area contributed by atoms with Crippen LogP contribution in [0.3, 0.4) is 0 Å². The first-order chi connectivity index (χ1) is 7.09. The maximum absolute atomic E-state index is 9.79. The summed E-state index contributed by atoms with van der Waals surface area (Å²) in [5, 5.41) is 13.8. The molecule has 5 heteroatoms. The first-order valence-electron chi connectivity index (χ1n) is 4.36. The fourth-order valence-electron chi connectivity index (χ4n) is 1.49. The molecule has 0 unspecified atom stereocenters. The number of aromatic hydroxyl groups is 1. The van der Waals surface area contributed by atoms with E-state index < -0.39 is 0 Å². The minimum Gasteiger partial charge on any atom is -0.507 e. The van der Waals surface area contributed by atoms with Gasteiger partial charge in [0.1, 0.15) is 5.75 Å². The molecule has 78 valence electrons. The van der Waals surface area contributed by atoms with E-state index in [4.69, 9.17) is 5.73 Å². The van der Waals surface area contributed by atoms with Crippen LogP contribution in [-0.4, -0.2) is 14.9 Å². The van der Waals surface area contributed by atoms with E-state index >= 15 is 0 Å². The average Bonchev–Trinajstić information content (AvgIpc) is 2.48. The van der Waals surface area contributed by atoms with Crippen LogP contribution in [0.4, 0.5) is 5.69 Å². The van der Waals surface area contributed by atoms with Crippen LogP contribution in [0.1, 0.15) is 0 Å². The third kappa shape index (κ3) is 1.70. The Hall–Kier alpha value is -1.49. The van der Waals surface area contributed by atoms with Crippen LogP contribution in [0.15, 0.2) is 28.9 Å². The molecule has 2 rings (SSSR count). The van der Waals surface area contributed by atoms with Crippen molar-refractivity contribution in [3.8, 4) is 17.0 Å². The monoisotopic (exact) mass is 267 g/mol. The molecule has 0 aliphatic carbocycles. The predicted molar refractivity (Wildman–Crippen MR) is 62.4 cm³/mol. The van der Waals surface area contributed by atoms with Gasteiger partial charge < -0.3 is 10.8 Å². The Morgan fingerprint density at radius 1 is 1.47 bits per heavy atom. The van der Waals surface area contributed by atoms with Gasteiger partial charge in [0.05, 0.1) is 17.6 Å². The van der Waals surface area contributed by atoms with E-state index in [9.17, 15) is 5.11 Å². The Morgan fingerprint density at radius 3 is 2.73 bits per heavy atom. The lowest BCUT2D eigenvalue weighted by atomic mass is 10.1. The first-order valence-corrected chi connectivity index (χ1v) is 5.15. The van der Waals surface area contributed by atoms with Crippen molar-refractivity contribution in [1.82, 2.24) is 9.78 Å². The molecule has 0 atom stereocenters. The Balaban J connectivity index is 2.64. The maximum Gasteiger partial charge on any atom is 0.126 e. The van der Waals surface area contributed by atoms with Crippen molar-refractivity contribution in [1.29, 1.82) is 0 Å². The summed E-state index contributed by atoms with van der Waals surface area (Å²) in [6.07, 6.45) is 1.57. The molecule has 2 aromatic rings. The molecule has 0 saturated heterocycles. The minimum atomic E-state index is 0.180. The van der Waals surface area contributed by atoms with Gasteiger partial charge in [-0.1, -0.05) is 15.9 Å². The van der Waals surface area contributed by atoms with Crippen LogP contribution in [-0.2, 0) is 7.05 Å². The molecule has 0 fully saturated rings. The Morgan fingerprint density at radius 2 is 2.20 bits per heavy atom. The van der Waals surface area contributed by atoms with Crippen molar-refractivity contribution in [2.24, 2.45) is 7.05 Å². The number of aryl methyl sites for hydroxylation is 1. The van der Waals surface area contributed by atoms with Crippen LogP contribution < -0.4 is 5.73 Å². The van der Waals surface area contributed by atoms with Crippen LogP contribution >= 0.6 is 15.9 Å². The van der Waals surface area contributed by atoms with E-state index in [-0.39, 0.29) is 5.75 Å². The molecule has 4 nitrogen and oxygen atoms in total. The largest absolute Gasteiger partial charge is 0.507 e. The van der Waals surface area contributed by atoms with Gasteiger partial charge >= 0.3 is 0 Å². The van der Waals surface area contributed by atoms with E-state index in [1.807, 2.05) is 6.07 Å². The topological polar surface area (TPSA) is 64.1 Å². The summed E-state index contributed by atoms with van der Waals surface area (Å²) < 4.78 is 2.46. The quantitative estimate of drug-likeness (QED) is 0.832. The van der Waals surface area contributed by atoms with Crippen molar-refractivity contribution in [2.75, 3.05) is 5.73 Å². The van der Waals surface area contributed by atoms with Crippen LogP contribution in [0.5, 0.6) is 5.75 Å². The lowest BCUT2D eigenvalue weighted by molar-refractivity contribution is 0.476. The zero-order valence-electron chi connectivity index (χ0n) is 8.11. The Labute approximate surface area is 95.5 Å². The van der Waals surface area contributed by atoms with Gasteiger partial charge in [-0.2, -0.15) is 5.10 Å².